The lowest BCUT2D eigenvalue weighted by molar-refractivity contribution is -0.157. The van der Waals surface area contributed by atoms with Gasteiger partial charge in [-0.3, -0.25) is 9.59 Å². The van der Waals surface area contributed by atoms with Crippen molar-refractivity contribution in [2.75, 3.05) is 6.61 Å². The second-order valence-corrected chi connectivity index (χ2v) is 4.37. The minimum absolute atomic E-state index is 0.0144. The van der Waals surface area contributed by atoms with Crippen molar-refractivity contribution in [1.82, 2.24) is 5.32 Å². The van der Waals surface area contributed by atoms with Crippen LogP contribution in [0.3, 0.4) is 0 Å². The van der Waals surface area contributed by atoms with Gasteiger partial charge in [0.25, 0.3) is 0 Å². The number of carbonyl (C=O) groups is 2. The van der Waals surface area contributed by atoms with Crippen molar-refractivity contribution in [3.63, 3.8) is 0 Å². The molecular formula is C11H21NO4. The molecule has 94 valence electrons. The molecule has 2 N–H and O–H groups in total. The zero-order chi connectivity index (χ0) is 12.8. The minimum atomic E-state index is -0.572. The fourth-order valence-electron chi connectivity index (χ4n) is 1.07. The summed E-state index contributed by atoms with van der Waals surface area (Å²) in [5, 5.41) is 11.4. The molecule has 0 saturated heterocycles. The van der Waals surface area contributed by atoms with Crippen molar-refractivity contribution in [2.45, 2.75) is 52.2 Å². The third-order valence-corrected chi connectivity index (χ3v) is 2.28. The maximum absolute atomic E-state index is 11.5. The summed E-state index contributed by atoms with van der Waals surface area (Å²) in [6.45, 7) is 6.62. The highest BCUT2D eigenvalue weighted by Gasteiger charge is 2.22. The first-order valence-corrected chi connectivity index (χ1v) is 5.40. The molecule has 1 atom stereocenters. The molecule has 0 bridgehead atoms. The number of rotatable bonds is 6. The summed E-state index contributed by atoms with van der Waals surface area (Å²) in [7, 11) is 0. The molecule has 0 aliphatic carbocycles. The van der Waals surface area contributed by atoms with E-state index in [0.29, 0.717) is 6.42 Å². The number of carbonyl (C=O) groups excluding carboxylic acids is 2. The molecule has 0 aliphatic heterocycles. The molecule has 0 saturated carbocycles. The van der Waals surface area contributed by atoms with Gasteiger partial charge in [0, 0.05) is 6.92 Å². The SMILES string of the molecule is CCC(C)(C)OC(=O)CC(CO)NC(C)=O. The molecule has 0 radical (unpaired) electrons. The number of hydrogen-bond donors (Lipinski definition) is 2. The van der Waals surface area contributed by atoms with Crippen LogP contribution in [0.1, 0.15) is 40.5 Å². The number of aliphatic hydroxyl groups excluding tert-OH is 1. The molecular weight excluding hydrogens is 210 g/mol. The Hall–Kier alpha value is -1.10. The van der Waals surface area contributed by atoms with E-state index in [0.717, 1.165) is 0 Å². The number of amides is 1. The summed E-state index contributed by atoms with van der Waals surface area (Å²) in [4.78, 5) is 22.2. The van der Waals surface area contributed by atoms with Crippen LogP contribution in [0.15, 0.2) is 0 Å². The standard InChI is InChI=1S/C11H21NO4/c1-5-11(3,4)16-10(15)6-9(7-13)12-8(2)14/h9,13H,5-7H2,1-4H3,(H,12,14). The normalized spacial score (nSPS) is 13.1. The van der Waals surface area contributed by atoms with E-state index >= 15 is 0 Å². The van der Waals surface area contributed by atoms with Gasteiger partial charge in [0.2, 0.25) is 5.91 Å². The quantitative estimate of drug-likeness (QED) is 0.657. The van der Waals surface area contributed by atoms with Crippen molar-refractivity contribution in [3.8, 4) is 0 Å². The predicted molar refractivity (Wildman–Crippen MR) is 59.8 cm³/mol. The van der Waals surface area contributed by atoms with Gasteiger partial charge in [0.05, 0.1) is 19.1 Å². The van der Waals surface area contributed by atoms with Crippen LogP contribution in [0.5, 0.6) is 0 Å². The van der Waals surface area contributed by atoms with Crippen LogP contribution in [0.25, 0.3) is 0 Å². The molecule has 0 aromatic rings. The predicted octanol–water partition coefficient (Wildman–Crippen LogP) is 0.605. The number of aliphatic hydroxyl groups is 1. The van der Waals surface area contributed by atoms with E-state index < -0.39 is 17.6 Å². The van der Waals surface area contributed by atoms with Crippen LogP contribution < -0.4 is 5.32 Å². The van der Waals surface area contributed by atoms with Gasteiger partial charge in [-0.2, -0.15) is 0 Å². The van der Waals surface area contributed by atoms with Crippen LogP contribution in [-0.2, 0) is 14.3 Å². The van der Waals surface area contributed by atoms with E-state index in [1.807, 2.05) is 20.8 Å². The lowest BCUT2D eigenvalue weighted by Gasteiger charge is -2.24. The molecule has 0 aliphatic rings. The number of esters is 1. The van der Waals surface area contributed by atoms with Gasteiger partial charge in [0.1, 0.15) is 5.60 Å². The summed E-state index contributed by atoms with van der Waals surface area (Å²) in [6, 6.07) is -0.572. The lowest BCUT2D eigenvalue weighted by atomic mass is 10.1. The molecule has 5 heteroatoms. The molecule has 5 nitrogen and oxygen atoms in total. The summed E-state index contributed by atoms with van der Waals surface area (Å²) >= 11 is 0. The highest BCUT2D eigenvalue weighted by Crippen LogP contribution is 2.14. The van der Waals surface area contributed by atoms with Crippen molar-refractivity contribution >= 4 is 11.9 Å². The van der Waals surface area contributed by atoms with Crippen molar-refractivity contribution in [2.24, 2.45) is 0 Å². The molecule has 0 aromatic carbocycles. The first-order chi connectivity index (χ1) is 7.30. The van der Waals surface area contributed by atoms with Crippen molar-refractivity contribution in [1.29, 1.82) is 0 Å². The topological polar surface area (TPSA) is 75.6 Å². The Bertz CT molecular complexity index is 250. The Morgan fingerprint density at radius 2 is 2.00 bits per heavy atom. The zero-order valence-corrected chi connectivity index (χ0v) is 10.4. The molecule has 0 aromatic heterocycles. The minimum Gasteiger partial charge on any atom is -0.460 e. The van der Waals surface area contributed by atoms with Crippen LogP contribution in [-0.4, -0.2) is 35.2 Å². The van der Waals surface area contributed by atoms with Gasteiger partial charge in [-0.25, -0.2) is 0 Å². The highest BCUT2D eigenvalue weighted by atomic mass is 16.6. The third-order valence-electron chi connectivity index (χ3n) is 2.28. The van der Waals surface area contributed by atoms with Crippen LogP contribution in [0.4, 0.5) is 0 Å². The molecule has 0 rings (SSSR count). The summed E-state index contributed by atoms with van der Waals surface area (Å²) < 4.78 is 5.20. The van der Waals surface area contributed by atoms with E-state index in [2.05, 4.69) is 5.32 Å². The van der Waals surface area contributed by atoms with E-state index in [4.69, 9.17) is 9.84 Å². The largest absolute Gasteiger partial charge is 0.460 e. The van der Waals surface area contributed by atoms with E-state index in [1.54, 1.807) is 0 Å². The van der Waals surface area contributed by atoms with Gasteiger partial charge in [-0.05, 0) is 20.3 Å². The second-order valence-electron chi connectivity index (χ2n) is 4.37. The Balaban J connectivity index is 4.16. The van der Waals surface area contributed by atoms with E-state index in [-0.39, 0.29) is 18.9 Å². The molecule has 0 heterocycles. The number of hydrogen-bond acceptors (Lipinski definition) is 4. The average molecular weight is 231 g/mol. The van der Waals surface area contributed by atoms with Gasteiger partial charge in [0.15, 0.2) is 0 Å². The maximum Gasteiger partial charge on any atom is 0.308 e. The van der Waals surface area contributed by atoms with E-state index in [1.165, 1.54) is 6.92 Å². The Morgan fingerprint density at radius 3 is 2.38 bits per heavy atom. The van der Waals surface area contributed by atoms with E-state index in [9.17, 15) is 9.59 Å². The smallest absolute Gasteiger partial charge is 0.308 e. The fraction of sp³-hybridized carbons (Fsp3) is 0.818. The summed E-state index contributed by atoms with van der Waals surface area (Å²) in [5.74, 6) is -0.693. The van der Waals surface area contributed by atoms with Crippen LogP contribution in [0, 0.1) is 0 Å². The lowest BCUT2D eigenvalue weighted by Crippen LogP contribution is -2.39. The maximum atomic E-state index is 11.5. The third kappa shape index (κ3) is 6.40. The number of ether oxygens (including phenoxy) is 1. The van der Waals surface area contributed by atoms with Gasteiger partial charge in [-0.15, -0.1) is 0 Å². The Kier molecular flexibility index (Phi) is 6.03. The highest BCUT2D eigenvalue weighted by molar-refractivity contribution is 5.75. The van der Waals surface area contributed by atoms with Crippen molar-refractivity contribution in [3.05, 3.63) is 0 Å². The first kappa shape index (κ1) is 14.9. The summed E-state index contributed by atoms with van der Waals surface area (Å²) in [5.41, 5.74) is -0.507. The Labute approximate surface area is 96.2 Å². The number of nitrogens with one attached hydrogen (secondary N) is 1. The molecule has 0 fully saturated rings. The molecule has 1 amide bonds. The summed E-state index contributed by atoms with van der Waals surface area (Å²) in [6.07, 6.45) is 0.697. The van der Waals surface area contributed by atoms with Crippen LogP contribution in [0.2, 0.25) is 0 Å². The molecule has 16 heavy (non-hydrogen) atoms. The molecule has 0 spiro atoms. The van der Waals surface area contributed by atoms with Crippen LogP contribution >= 0.6 is 0 Å². The monoisotopic (exact) mass is 231 g/mol. The molecule has 1 unspecified atom stereocenters. The van der Waals surface area contributed by atoms with Gasteiger partial charge < -0.3 is 15.2 Å². The average Bonchev–Trinajstić information content (AvgIpc) is 2.15. The van der Waals surface area contributed by atoms with Gasteiger partial charge >= 0.3 is 5.97 Å². The zero-order valence-electron chi connectivity index (χ0n) is 10.4. The van der Waals surface area contributed by atoms with Crippen molar-refractivity contribution < 1.29 is 19.4 Å². The first-order valence-electron chi connectivity index (χ1n) is 5.40. The fourth-order valence-corrected chi connectivity index (χ4v) is 1.07. The second kappa shape index (κ2) is 6.48. The Morgan fingerprint density at radius 1 is 1.44 bits per heavy atom. The van der Waals surface area contributed by atoms with Gasteiger partial charge in [-0.1, -0.05) is 6.92 Å².